The number of amides is 1. The van der Waals surface area contributed by atoms with Crippen molar-refractivity contribution in [3.8, 4) is 5.75 Å². The minimum Gasteiger partial charge on any atom is -0.495 e. The Morgan fingerprint density at radius 2 is 2.12 bits per heavy atom. The molecule has 1 fully saturated rings. The highest BCUT2D eigenvalue weighted by atomic mass is 16.5. The number of methoxy groups -OCH3 is 1. The van der Waals surface area contributed by atoms with E-state index in [0.717, 1.165) is 28.8 Å². The Hall–Kier alpha value is -2.01. The first kappa shape index (κ1) is 17.8. The number of ether oxygens (including phenoxy) is 1. The lowest BCUT2D eigenvalue weighted by Gasteiger charge is -2.31. The van der Waals surface area contributed by atoms with Crippen molar-refractivity contribution in [3.05, 3.63) is 30.0 Å². The van der Waals surface area contributed by atoms with E-state index in [2.05, 4.69) is 22.2 Å². The minimum atomic E-state index is 0.0702. The normalized spacial score (nSPS) is 15.6. The number of rotatable bonds is 7. The third-order valence-electron chi connectivity index (χ3n) is 5.32. The lowest BCUT2D eigenvalue weighted by atomic mass is 9.94. The molecule has 0 bridgehead atoms. The van der Waals surface area contributed by atoms with Gasteiger partial charge in [-0.05, 0) is 31.5 Å². The molecule has 0 atom stereocenters. The predicted octanol–water partition coefficient (Wildman–Crippen LogP) is 3.10. The van der Waals surface area contributed by atoms with Gasteiger partial charge in [0.1, 0.15) is 5.75 Å². The number of hydrogen-bond acceptors (Lipinski definition) is 3. The summed E-state index contributed by atoms with van der Waals surface area (Å²) in [7, 11) is 3.83. The summed E-state index contributed by atoms with van der Waals surface area (Å²) in [6.07, 6.45) is 8.93. The molecule has 1 aliphatic carbocycles. The molecule has 1 aromatic heterocycles. The number of H-pyrrole nitrogens is 1. The van der Waals surface area contributed by atoms with Crippen molar-refractivity contribution in [2.75, 3.05) is 27.2 Å². The number of aromatic amines is 1. The van der Waals surface area contributed by atoms with Crippen LogP contribution in [-0.4, -0.2) is 49.1 Å². The van der Waals surface area contributed by atoms with E-state index in [4.69, 9.17) is 4.74 Å². The summed E-state index contributed by atoms with van der Waals surface area (Å²) in [5.74, 6) is 0.874. The molecule has 2 N–H and O–H groups in total. The monoisotopic (exact) mass is 343 g/mol. The number of carbonyl (C=O) groups is 1. The van der Waals surface area contributed by atoms with Crippen molar-refractivity contribution in [2.24, 2.45) is 0 Å². The fourth-order valence-corrected chi connectivity index (χ4v) is 3.81. The van der Waals surface area contributed by atoms with E-state index in [1.807, 2.05) is 24.4 Å². The van der Waals surface area contributed by atoms with Crippen LogP contribution in [0.25, 0.3) is 10.9 Å². The Bertz CT molecular complexity index is 704. The van der Waals surface area contributed by atoms with Crippen molar-refractivity contribution in [1.82, 2.24) is 15.2 Å². The van der Waals surface area contributed by atoms with Gasteiger partial charge in [-0.3, -0.25) is 4.79 Å². The maximum absolute atomic E-state index is 12.3. The number of likely N-dealkylation sites (N-methyl/N-ethyl adjacent to an activating group) is 1. The molecule has 1 aliphatic rings. The highest BCUT2D eigenvalue weighted by molar-refractivity contribution is 5.92. The van der Waals surface area contributed by atoms with E-state index in [1.165, 1.54) is 32.1 Å². The van der Waals surface area contributed by atoms with Crippen molar-refractivity contribution in [1.29, 1.82) is 0 Å². The first-order chi connectivity index (χ1) is 12.2. The number of aromatic nitrogens is 1. The maximum atomic E-state index is 12.3. The molecule has 5 nitrogen and oxygen atoms in total. The van der Waals surface area contributed by atoms with Gasteiger partial charge in [0.05, 0.1) is 19.0 Å². The number of nitrogens with zero attached hydrogens (tertiary/aromatic N) is 1. The highest BCUT2D eigenvalue weighted by Crippen LogP contribution is 2.27. The molecule has 2 aromatic rings. The Kier molecular flexibility index (Phi) is 5.97. The molecular weight excluding hydrogens is 314 g/mol. The molecule has 5 heteroatoms. The smallest absolute Gasteiger partial charge is 0.224 e. The molecule has 25 heavy (non-hydrogen) atoms. The van der Waals surface area contributed by atoms with Crippen LogP contribution in [0.1, 0.15) is 37.7 Å². The van der Waals surface area contributed by atoms with Crippen LogP contribution >= 0.6 is 0 Å². The summed E-state index contributed by atoms with van der Waals surface area (Å²) in [6, 6.07) is 6.58. The Morgan fingerprint density at radius 1 is 1.32 bits per heavy atom. The molecule has 0 spiro atoms. The van der Waals surface area contributed by atoms with Crippen LogP contribution in [0.5, 0.6) is 5.75 Å². The summed E-state index contributed by atoms with van der Waals surface area (Å²) in [4.78, 5) is 17.9. The summed E-state index contributed by atoms with van der Waals surface area (Å²) < 4.78 is 5.36. The van der Waals surface area contributed by atoms with Gasteiger partial charge >= 0.3 is 0 Å². The summed E-state index contributed by atoms with van der Waals surface area (Å²) in [5.41, 5.74) is 1.96. The van der Waals surface area contributed by atoms with Gasteiger partial charge in [-0.25, -0.2) is 0 Å². The number of fused-ring (bicyclic) bond motifs is 1. The Labute approximate surface area is 149 Å². The zero-order chi connectivity index (χ0) is 17.6. The fraction of sp³-hybridized carbons (Fsp3) is 0.550. The van der Waals surface area contributed by atoms with E-state index >= 15 is 0 Å². The largest absolute Gasteiger partial charge is 0.495 e. The predicted molar refractivity (Wildman–Crippen MR) is 101 cm³/mol. The van der Waals surface area contributed by atoms with Crippen LogP contribution in [0.4, 0.5) is 0 Å². The van der Waals surface area contributed by atoms with E-state index in [-0.39, 0.29) is 5.91 Å². The SMILES string of the molecule is COc1cccc2c(CC(=O)NCCN(C)C3CCCCC3)c[nH]c12. The number of benzene rings is 1. The van der Waals surface area contributed by atoms with Crippen LogP contribution in [0.2, 0.25) is 0 Å². The average Bonchev–Trinajstić information content (AvgIpc) is 3.05. The molecule has 1 aromatic carbocycles. The number of nitrogens with one attached hydrogen (secondary N) is 2. The summed E-state index contributed by atoms with van der Waals surface area (Å²) >= 11 is 0. The zero-order valence-corrected chi connectivity index (χ0v) is 15.3. The topological polar surface area (TPSA) is 57.4 Å². The first-order valence-corrected chi connectivity index (χ1v) is 9.29. The molecule has 3 rings (SSSR count). The number of carbonyl (C=O) groups excluding carboxylic acids is 1. The van der Waals surface area contributed by atoms with Crippen molar-refractivity contribution in [2.45, 2.75) is 44.6 Å². The van der Waals surface area contributed by atoms with Crippen LogP contribution in [0, 0.1) is 0 Å². The molecule has 1 heterocycles. The van der Waals surface area contributed by atoms with Crippen molar-refractivity contribution >= 4 is 16.8 Å². The number of para-hydroxylation sites is 1. The van der Waals surface area contributed by atoms with Gasteiger partial charge < -0.3 is 19.9 Å². The van der Waals surface area contributed by atoms with Gasteiger partial charge in [-0.1, -0.05) is 31.4 Å². The first-order valence-electron chi connectivity index (χ1n) is 9.29. The van der Waals surface area contributed by atoms with E-state index in [9.17, 15) is 4.79 Å². The second-order valence-corrected chi connectivity index (χ2v) is 7.00. The molecule has 1 amide bonds. The van der Waals surface area contributed by atoms with E-state index in [0.29, 0.717) is 19.0 Å². The molecule has 0 aliphatic heterocycles. The van der Waals surface area contributed by atoms with Crippen LogP contribution in [-0.2, 0) is 11.2 Å². The second kappa shape index (κ2) is 8.39. The molecule has 0 radical (unpaired) electrons. The van der Waals surface area contributed by atoms with Crippen LogP contribution < -0.4 is 10.1 Å². The second-order valence-electron chi connectivity index (χ2n) is 7.00. The van der Waals surface area contributed by atoms with Gasteiger partial charge in [-0.15, -0.1) is 0 Å². The highest BCUT2D eigenvalue weighted by Gasteiger charge is 2.17. The standard InChI is InChI=1S/C20H29N3O2/c1-23(16-7-4-3-5-8-16)12-11-21-19(24)13-15-14-22-20-17(15)9-6-10-18(20)25-2/h6,9-10,14,16,22H,3-5,7-8,11-13H2,1-2H3,(H,21,24). The Balaban J connectivity index is 1.49. The molecular formula is C20H29N3O2. The summed E-state index contributed by atoms with van der Waals surface area (Å²) in [5, 5.41) is 4.11. The van der Waals surface area contributed by atoms with Gasteiger partial charge in [0, 0.05) is 30.7 Å². The minimum absolute atomic E-state index is 0.0702. The lowest BCUT2D eigenvalue weighted by molar-refractivity contribution is -0.120. The maximum Gasteiger partial charge on any atom is 0.224 e. The average molecular weight is 343 g/mol. The lowest BCUT2D eigenvalue weighted by Crippen LogP contribution is -2.39. The molecule has 0 unspecified atom stereocenters. The molecule has 0 saturated heterocycles. The van der Waals surface area contributed by atoms with E-state index in [1.54, 1.807) is 7.11 Å². The Morgan fingerprint density at radius 3 is 2.88 bits per heavy atom. The van der Waals surface area contributed by atoms with Gasteiger partial charge in [0.25, 0.3) is 0 Å². The van der Waals surface area contributed by atoms with Crippen molar-refractivity contribution < 1.29 is 9.53 Å². The zero-order valence-electron chi connectivity index (χ0n) is 15.3. The van der Waals surface area contributed by atoms with Crippen LogP contribution in [0.15, 0.2) is 24.4 Å². The van der Waals surface area contributed by atoms with Crippen LogP contribution in [0.3, 0.4) is 0 Å². The van der Waals surface area contributed by atoms with Gasteiger partial charge in [0.15, 0.2) is 0 Å². The quantitative estimate of drug-likeness (QED) is 0.812. The third kappa shape index (κ3) is 4.34. The molecule has 136 valence electrons. The summed E-state index contributed by atoms with van der Waals surface area (Å²) in [6.45, 7) is 1.62. The number of hydrogen-bond donors (Lipinski definition) is 2. The fourth-order valence-electron chi connectivity index (χ4n) is 3.81. The van der Waals surface area contributed by atoms with Crippen molar-refractivity contribution in [3.63, 3.8) is 0 Å². The van der Waals surface area contributed by atoms with Gasteiger partial charge in [0.2, 0.25) is 5.91 Å². The van der Waals surface area contributed by atoms with E-state index < -0.39 is 0 Å². The molecule has 1 saturated carbocycles. The van der Waals surface area contributed by atoms with Gasteiger partial charge in [-0.2, -0.15) is 0 Å². The third-order valence-corrected chi connectivity index (χ3v) is 5.32.